The third kappa shape index (κ3) is 1.51. The van der Waals surface area contributed by atoms with E-state index in [2.05, 4.69) is 25.6 Å². The molecule has 6 N–H and O–H groups in total. The van der Waals surface area contributed by atoms with Crippen molar-refractivity contribution in [3.8, 4) is 0 Å². The minimum Gasteiger partial charge on any atom is -0.323 e. The molecule has 0 aliphatic rings. The van der Waals surface area contributed by atoms with Crippen LogP contribution in [0.1, 0.15) is 11.6 Å². The Kier molecular flexibility index (Phi) is 2.27. The van der Waals surface area contributed by atoms with Crippen LogP contribution in [0.25, 0.3) is 0 Å². The Morgan fingerprint density at radius 3 is 2.80 bits per heavy atom. The van der Waals surface area contributed by atoms with Gasteiger partial charge < -0.3 is 11.5 Å². The predicted molar refractivity (Wildman–Crippen MR) is 46.0 cm³/mol. The largest absolute Gasteiger partial charge is 0.384 e. The molecular weight excluding hydrogens is 202 g/mol. The fourth-order valence-corrected chi connectivity index (χ4v) is 1.09. The minimum absolute atomic E-state index is 0.133. The zero-order valence-corrected chi connectivity index (χ0v) is 7.71. The summed E-state index contributed by atoms with van der Waals surface area (Å²) in [5.74, 6) is 0.747. The molecule has 0 aliphatic heterocycles. The second-order valence-electron chi connectivity index (χ2n) is 2.70. The van der Waals surface area contributed by atoms with E-state index in [4.69, 9.17) is 11.5 Å². The first-order chi connectivity index (χ1) is 7.26. The van der Waals surface area contributed by atoms with Gasteiger partial charge in [0.25, 0.3) is 0 Å². The summed E-state index contributed by atoms with van der Waals surface area (Å²) in [6, 6.07) is 0. The molecule has 10 heteroatoms. The number of rotatable bonds is 3. The standard InChI is InChI=1S/C5H9N9O/c6-1-3-8-5(15)14(10-3)13-4(2-7)9-11-12-13/h1-2,6-7H2,(H,8,10,15)/p+1. The van der Waals surface area contributed by atoms with E-state index in [0.29, 0.717) is 11.6 Å². The van der Waals surface area contributed by atoms with Crippen LogP contribution in [0.4, 0.5) is 0 Å². The van der Waals surface area contributed by atoms with Crippen LogP contribution in [0.5, 0.6) is 0 Å². The maximum Gasteiger partial charge on any atom is 0.384 e. The number of nitrogens with zero attached hydrogens (tertiary/aromatic N) is 5. The topological polar surface area (TPSA) is 148 Å². The van der Waals surface area contributed by atoms with Crippen molar-refractivity contribution in [1.82, 2.24) is 30.4 Å². The molecule has 15 heavy (non-hydrogen) atoms. The lowest BCUT2D eigenvalue weighted by atomic mass is 10.6. The molecule has 0 atom stereocenters. The molecule has 0 saturated heterocycles. The highest BCUT2D eigenvalue weighted by Gasteiger charge is 2.17. The number of hydrogen-bond donors (Lipinski definition) is 4. The van der Waals surface area contributed by atoms with Gasteiger partial charge in [-0.15, -0.1) is 0 Å². The maximum atomic E-state index is 11.4. The Balaban J connectivity index is 2.53. The summed E-state index contributed by atoms with van der Waals surface area (Å²) in [7, 11) is 0. The van der Waals surface area contributed by atoms with Gasteiger partial charge in [0.1, 0.15) is 5.21 Å². The van der Waals surface area contributed by atoms with Crippen molar-refractivity contribution in [2.24, 2.45) is 11.5 Å². The Morgan fingerprint density at radius 1 is 1.40 bits per heavy atom. The van der Waals surface area contributed by atoms with Crippen molar-refractivity contribution in [2.75, 3.05) is 0 Å². The van der Waals surface area contributed by atoms with E-state index in [0.717, 1.165) is 4.79 Å². The van der Waals surface area contributed by atoms with E-state index < -0.39 is 5.69 Å². The van der Waals surface area contributed by atoms with Crippen molar-refractivity contribution in [3.63, 3.8) is 0 Å². The maximum absolute atomic E-state index is 11.4. The summed E-state index contributed by atoms with van der Waals surface area (Å²) in [4.78, 5) is 16.1. The molecule has 0 aromatic carbocycles. The number of tetrazole rings is 1. The monoisotopic (exact) mass is 212 g/mol. The SMILES string of the molecule is NCc1nn(-[n+]2[nH]nnc2CN)c(=O)[nH]1. The third-order valence-corrected chi connectivity index (χ3v) is 1.76. The van der Waals surface area contributed by atoms with Crippen molar-refractivity contribution >= 4 is 0 Å². The molecule has 2 aromatic rings. The highest BCUT2D eigenvalue weighted by Crippen LogP contribution is 1.80. The van der Waals surface area contributed by atoms with Gasteiger partial charge in [-0.05, 0) is 14.7 Å². The van der Waals surface area contributed by atoms with Gasteiger partial charge in [0.2, 0.25) is 5.82 Å². The van der Waals surface area contributed by atoms with E-state index in [1.165, 1.54) is 4.79 Å². The minimum atomic E-state index is -0.443. The van der Waals surface area contributed by atoms with E-state index >= 15 is 0 Å². The summed E-state index contributed by atoms with van der Waals surface area (Å²) < 4.78 is 0. The van der Waals surface area contributed by atoms with Crippen LogP contribution in [0, 0.1) is 0 Å². The summed E-state index contributed by atoms with van der Waals surface area (Å²) in [5.41, 5.74) is 10.3. The molecule has 10 nitrogen and oxygen atoms in total. The van der Waals surface area contributed by atoms with Crippen LogP contribution in [0.2, 0.25) is 0 Å². The highest BCUT2D eigenvalue weighted by atomic mass is 16.2. The van der Waals surface area contributed by atoms with Crippen LogP contribution in [0.15, 0.2) is 4.79 Å². The fraction of sp³-hybridized carbons (Fsp3) is 0.400. The summed E-state index contributed by atoms with van der Waals surface area (Å²) in [6.45, 7) is 0.274. The first-order valence-electron chi connectivity index (χ1n) is 4.17. The zero-order valence-electron chi connectivity index (χ0n) is 7.71. The van der Waals surface area contributed by atoms with E-state index in [1.807, 2.05) is 0 Å². The predicted octanol–water partition coefficient (Wildman–Crippen LogP) is -3.79. The normalized spacial score (nSPS) is 10.8. The van der Waals surface area contributed by atoms with Gasteiger partial charge in [0.15, 0.2) is 0 Å². The average Bonchev–Trinajstić information content (AvgIpc) is 2.82. The highest BCUT2D eigenvalue weighted by molar-refractivity contribution is 4.78. The molecule has 0 fully saturated rings. The molecule has 0 radical (unpaired) electrons. The van der Waals surface area contributed by atoms with Gasteiger partial charge in [-0.2, -0.15) is 0 Å². The van der Waals surface area contributed by atoms with Crippen molar-refractivity contribution in [1.29, 1.82) is 0 Å². The number of H-pyrrole nitrogens is 2. The van der Waals surface area contributed by atoms with Gasteiger partial charge in [0, 0.05) is 0 Å². The number of nitrogens with one attached hydrogen (secondary N) is 2. The van der Waals surface area contributed by atoms with Crippen LogP contribution in [-0.4, -0.2) is 30.4 Å². The number of nitrogens with two attached hydrogens (primary N) is 2. The van der Waals surface area contributed by atoms with Crippen LogP contribution in [0.3, 0.4) is 0 Å². The lowest BCUT2D eigenvalue weighted by molar-refractivity contribution is -0.798. The van der Waals surface area contributed by atoms with Crippen LogP contribution < -0.4 is 21.9 Å². The van der Waals surface area contributed by atoms with E-state index in [9.17, 15) is 4.79 Å². The van der Waals surface area contributed by atoms with Crippen molar-refractivity contribution in [3.05, 3.63) is 22.1 Å². The smallest absolute Gasteiger partial charge is 0.323 e. The van der Waals surface area contributed by atoms with Gasteiger partial charge in [0.05, 0.1) is 18.2 Å². The first-order valence-corrected chi connectivity index (χ1v) is 4.17. The Bertz CT molecular complexity index is 507. The van der Waals surface area contributed by atoms with Crippen molar-refractivity contribution in [2.45, 2.75) is 13.1 Å². The summed E-state index contributed by atoms with van der Waals surface area (Å²) >= 11 is 0. The second kappa shape index (κ2) is 3.59. The molecule has 0 unspecified atom stereocenters. The second-order valence-corrected chi connectivity index (χ2v) is 2.70. The Labute approximate surface area is 82.8 Å². The zero-order chi connectivity index (χ0) is 10.8. The average molecular weight is 212 g/mol. The lowest BCUT2D eigenvalue weighted by Gasteiger charge is -1.91. The summed E-state index contributed by atoms with van der Waals surface area (Å²) in [6.07, 6.45) is 0. The van der Waals surface area contributed by atoms with E-state index in [-0.39, 0.29) is 13.1 Å². The van der Waals surface area contributed by atoms with Gasteiger partial charge in [-0.1, -0.05) is 5.21 Å². The van der Waals surface area contributed by atoms with Crippen LogP contribution >= 0.6 is 0 Å². The number of aromatic nitrogens is 7. The molecule has 0 saturated carbocycles. The molecule has 0 bridgehead atoms. The molecule has 2 aromatic heterocycles. The number of aromatic amines is 2. The summed E-state index contributed by atoms with van der Waals surface area (Å²) in [5, 5.41) is 13.5. The lowest BCUT2D eigenvalue weighted by Crippen LogP contribution is -2.54. The molecule has 0 spiro atoms. The number of hydrogen-bond acceptors (Lipinski definition) is 6. The third-order valence-electron chi connectivity index (χ3n) is 1.76. The molecule has 80 valence electrons. The first kappa shape index (κ1) is 9.48. The molecule has 2 rings (SSSR count). The van der Waals surface area contributed by atoms with Crippen molar-refractivity contribution < 1.29 is 4.79 Å². The molecular formula is C5H10N9O+. The van der Waals surface area contributed by atoms with Gasteiger partial charge in [-0.3, -0.25) is 4.98 Å². The molecule has 0 aliphatic carbocycles. The van der Waals surface area contributed by atoms with E-state index in [1.54, 1.807) is 0 Å². The Hall–Kier alpha value is -2.07. The quantitative estimate of drug-likeness (QED) is 0.383. The van der Waals surface area contributed by atoms with Crippen LogP contribution in [-0.2, 0) is 13.1 Å². The molecule has 0 amide bonds. The fourth-order valence-electron chi connectivity index (χ4n) is 1.09. The van der Waals surface area contributed by atoms with Gasteiger partial charge >= 0.3 is 11.5 Å². The van der Waals surface area contributed by atoms with Gasteiger partial charge in [-0.25, -0.2) is 4.79 Å². The molecule has 2 heterocycles. The Morgan fingerprint density at radius 2 is 2.20 bits per heavy atom.